The molecule has 2 heterocycles. The number of benzene rings is 2. The maximum atomic E-state index is 12.8. The van der Waals surface area contributed by atoms with Gasteiger partial charge in [-0.1, -0.05) is 19.1 Å². The number of likely N-dealkylation sites (tertiary alicyclic amines) is 1. The number of nitrogens with one attached hydrogen (secondary N) is 1. The minimum Gasteiger partial charge on any atom is -0.582 e. The predicted molar refractivity (Wildman–Crippen MR) is 118 cm³/mol. The van der Waals surface area contributed by atoms with E-state index < -0.39 is 15.3 Å². The van der Waals surface area contributed by atoms with Crippen molar-refractivity contribution in [2.24, 2.45) is 0 Å². The molecule has 1 fully saturated rings. The Hall–Kier alpha value is -2.38. The number of fused-ring (bicyclic) bond motifs is 2. The average Bonchev–Trinajstić information content (AvgIpc) is 3.00. The summed E-state index contributed by atoms with van der Waals surface area (Å²) in [5, 5.41) is 3.09. The highest BCUT2D eigenvalue weighted by Crippen LogP contribution is 2.45. The first-order valence-electron chi connectivity index (χ1n) is 10.5. The van der Waals surface area contributed by atoms with Crippen molar-refractivity contribution in [3.05, 3.63) is 53.6 Å². The van der Waals surface area contributed by atoms with Crippen LogP contribution in [-0.4, -0.2) is 56.5 Å². The zero-order valence-corrected chi connectivity index (χ0v) is 18.3. The molecule has 0 radical (unpaired) electrons. The van der Waals surface area contributed by atoms with E-state index >= 15 is 0 Å². The minimum atomic E-state index is -3.18. The Morgan fingerprint density at radius 2 is 1.80 bits per heavy atom. The smallest absolute Gasteiger partial charge is 0.254 e. The zero-order valence-electron chi connectivity index (χ0n) is 17.5. The van der Waals surface area contributed by atoms with Gasteiger partial charge < -0.3 is 10.1 Å². The lowest BCUT2D eigenvalue weighted by atomic mass is 9.73. The number of piperidine rings is 1. The van der Waals surface area contributed by atoms with Crippen LogP contribution in [-0.2, 0) is 26.5 Å². The van der Waals surface area contributed by atoms with Gasteiger partial charge in [-0.05, 0) is 61.7 Å². The monoisotopic (exact) mass is 429 g/mol. The van der Waals surface area contributed by atoms with E-state index in [1.165, 1.54) is 17.4 Å². The van der Waals surface area contributed by atoms with Crippen LogP contribution in [0.3, 0.4) is 0 Å². The number of nitrogens with zero attached hydrogens (tertiary/aromatic N) is 1. The van der Waals surface area contributed by atoms with Crippen molar-refractivity contribution >= 4 is 21.4 Å². The van der Waals surface area contributed by atoms with E-state index in [1.807, 2.05) is 6.07 Å². The lowest BCUT2D eigenvalue weighted by Crippen LogP contribution is -2.47. The van der Waals surface area contributed by atoms with E-state index in [-0.39, 0.29) is 5.91 Å². The van der Waals surface area contributed by atoms with Crippen LogP contribution in [0.4, 0.5) is 5.69 Å². The number of ether oxygens (including phenoxy) is 1. The van der Waals surface area contributed by atoms with Gasteiger partial charge in [-0.15, -0.1) is 0 Å². The van der Waals surface area contributed by atoms with Gasteiger partial charge in [0.1, 0.15) is 0 Å². The fraction of sp³-hybridized carbons (Fsp3) is 0.435. The molecule has 0 aromatic heterocycles. The molecule has 4 rings (SSSR count). The van der Waals surface area contributed by atoms with Gasteiger partial charge in [0.2, 0.25) is 5.91 Å². The molecule has 1 amide bonds. The maximum Gasteiger partial charge on any atom is 0.254 e. The first-order chi connectivity index (χ1) is 14.3. The number of anilines is 1. The highest BCUT2D eigenvalue weighted by atomic mass is 32.2. The number of hydrogen-bond acceptors (Lipinski definition) is 4. The van der Waals surface area contributed by atoms with Gasteiger partial charge in [0, 0.05) is 24.1 Å². The maximum absolute atomic E-state index is 12.8. The van der Waals surface area contributed by atoms with Gasteiger partial charge in [-0.25, -0.2) is 8.42 Å². The molecule has 7 heteroatoms. The average molecular weight is 430 g/mol. The number of carbonyl (C=O) groups is 1. The van der Waals surface area contributed by atoms with Crippen molar-refractivity contribution in [3.8, 4) is 5.75 Å². The molecule has 160 valence electrons. The van der Waals surface area contributed by atoms with E-state index in [0.717, 1.165) is 50.3 Å². The Morgan fingerprint density at radius 3 is 2.43 bits per heavy atom. The third-order valence-corrected chi connectivity index (χ3v) is 7.50. The number of aryl methyl sites for hydroxylation is 1. The van der Waals surface area contributed by atoms with Crippen molar-refractivity contribution in [2.45, 2.75) is 36.5 Å². The quantitative estimate of drug-likeness (QED) is 0.716. The Bertz CT molecular complexity index is 1040. The Labute approximate surface area is 178 Å². The molecule has 0 unspecified atom stereocenters. The van der Waals surface area contributed by atoms with Gasteiger partial charge in [0.15, 0.2) is 16.4 Å². The number of amides is 1. The fourth-order valence-electron chi connectivity index (χ4n) is 4.45. The summed E-state index contributed by atoms with van der Waals surface area (Å²) in [6.45, 7) is 5.35. The Morgan fingerprint density at radius 1 is 1.10 bits per heavy atom. The lowest BCUT2D eigenvalue weighted by molar-refractivity contribution is -0.122. The molecule has 1 spiro atoms. The van der Waals surface area contributed by atoms with Gasteiger partial charge in [0.05, 0.1) is 16.9 Å². The van der Waals surface area contributed by atoms with Crippen LogP contribution in [0.2, 0.25) is 0 Å². The van der Waals surface area contributed by atoms with Gasteiger partial charge >= 0.3 is 0 Å². The predicted octanol–water partition coefficient (Wildman–Crippen LogP) is 2.88. The number of aromatic hydroxyl groups is 1. The summed E-state index contributed by atoms with van der Waals surface area (Å²) in [7, 11) is -3.18. The zero-order chi connectivity index (χ0) is 21.4. The molecule has 0 atom stereocenters. The van der Waals surface area contributed by atoms with Gasteiger partial charge in [-0.2, -0.15) is 0 Å². The molecule has 2 N–H and O–H groups in total. The highest BCUT2D eigenvalue weighted by Gasteiger charge is 2.48. The van der Waals surface area contributed by atoms with Crippen LogP contribution in [0.5, 0.6) is 5.75 Å². The standard InChI is InChI=1S/C23H28N2O4S/c1-3-17-4-9-21-20(16-17)23(22(26)24-21)10-12-25(13-11-23)14-15-29-18-5-7-19(8-6-18)30(2,27)28/h4-9,16H,3,10-15H2,1-2H3,(H,24,26)/p+1. The molecule has 30 heavy (non-hydrogen) atoms. The Balaban J connectivity index is 1.33. The van der Waals surface area contributed by atoms with Gasteiger partial charge in [0.25, 0.3) is 5.75 Å². The third kappa shape index (κ3) is 3.96. The summed E-state index contributed by atoms with van der Waals surface area (Å²) < 4.78 is 27.7. The summed E-state index contributed by atoms with van der Waals surface area (Å²) in [6.07, 6.45) is 3.81. The van der Waals surface area contributed by atoms with Crippen molar-refractivity contribution in [1.29, 1.82) is 0 Å². The molecule has 0 aliphatic carbocycles. The van der Waals surface area contributed by atoms with Crippen molar-refractivity contribution in [3.63, 3.8) is 0 Å². The molecule has 0 bridgehead atoms. The summed E-state index contributed by atoms with van der Waals surface area (Å²) in [5.74, 6) is 0.924. The fourth-order valence-corrected chi connectivity index (χ4v) is 5.09. The largest absolute Gasteiger partial charge is 0.582 e. The van der Waals surface area contributed by atoms with Crippen LogP contribution in [0.25, 0.3) is 0 Å². The van der Waals surface area contributed by atoms with E-state index in [2.05, 4.69) is 34.0 Å². The summed E-state index contributed by atoms with van der Waals surface area (Å²) in [6, 6.07) is 13.0. The molecule has 2 aliphatic heterocycles. The van der Waals surface area contributed by atoms with Crippen LogP contribution >= 0.6 is 0 Å². The molecule has 2 aliphatic rings. The molecular weight excluding hydrogens is 400 g/mol. The summed E-state index contributed by atoms with van der Waals surface area (Å²) in [5.41, 5.74) is 3.02. The molecule has 2 aromatic rings. The van der Waals surface area contributed by atoms with E-state index in [9.17, 15) is 13.2 Å². The molecule has 1 saturated heterocycles. The van der Waals surface area contributed by atoms with E-state index in [1.54, 1.807) is 24.3 Å². The second kappa shape index (κ2) is 8.04. The number of aliphatic hydroxyl groups is 1. The second-order valence-electron chi connectivity index (χ2n) is 8.26. The topological polar surface area (TPSA) is 79.3 Å². The lowest BCUT2D eigenvalue weighted by Gasteiger charge is -2.37. The van der Waals surface area contributed by atoms with Gasteiger partial charge in [-0.3, -0.25) is 9.69 Å². The molecular formula is C23H29N2O4S+. The highest BCUT2D eigenvalue weighted by molar-refractivity contribution is 7.90. The number of rotatable bonds is 6. The Kier molecular flexibility index (Phi) is 5.59. The first kappa shape index (κ1) is 20.9. The number of carbonyl (C=O) groups excluding carboxylic acids is 1. The van der Waals surface area contributed by atoms with Crippen LogP contribution in [0.1, 0.15) is 30.9 Å². The molecule has 0 saturated carbocycles. The molecule has 6 nitrogen and oxygen atoms in total. The number of sulfone groups is 1. The number of hydrogen-bond donors (Lipinski definition) is 1. The molecule has 2 aromatic carbocycles. The summed E-state index contributed by atoms with van der Waals surface area (Å²) >= 11 is 0. The first-order valence-corrected chi connectivity index (χ1v) is 12.4. The van der Waals surface area contributed by atoms with Crippen LogP contribution in [0.15, 0.2) is 47.4 Å². The minimum absolute atomic E-state index is 0.140. The van der Waals surface area contributed by atoms with E-state index in [0.29, 0.717) is 11.5 Å². The van der Waals surface area contributed by atoms with Crippen molar-refractivity contribution in [1.82, 2.24) is 4.90 Å². The normalized spacial score (nSPS) is 18.3. The van der Waals surface area contributed by atoms with E-state index in [4.69, 9.17) is 0 Å². The third-order valence-electron chi connectivity index (χ3n) is 6.38. The van der Waals surface area contributed by atoms with Crippen molar-refractivity contribution in [2.75, 3.05) is 37.8 Å². The SMILES string of the molecule is CCc1ccc2c(c1)C1(CCN(CC[OH+]c3ccc(S(C)(=O)=O)cc3)CC1)C(=O)N2. The second-order valence-corrected chi connectivity index (χ2v) is 10.3. The summed E-state index contributed by atoms with van der Waals surface area (Å²) in [4.78, 5) is 15.5. The van der Waals surface area contributed by atoms with Crippen LogP contribution in [0, 0.1) is 0 Å². The van der Waals surface area contributed by atoms with Crippen LogP contribution < -0.4 is 5.32 Å². The van der Waals surface area contributed by atoms with Crippen molar-refractivity contribution < 1.29 is 17.9 Å².